The molecule has 0 bridgehead atoms. The monoisotopic (exact) mass is 662 g/mol. The minimum absolute atomic E-state index is 0.00253. The van der Waals surface area contributed by atoms with Gasteiger partial charge in [0.05, 0.1) is 25.4 Å². The summed E-state index contributed by atoms with van der Waals surface area (Å²) in [6, 6.07) is -0.236. The highest BCUT2D eigenvalue weighted by molar-refractivity contribution is 5.98. The smallest absolute Gasteiger partial charge is 0.426 e. The SMILES string of the molecule is COc1ncc(-c2cc(CN3CCC[C@H]3C(F)(F)F)c3c(N)ncnn23)cc1C(=O)N[C@@H]1CN(C(=O)[C@@](C)(O)C(F)(F)F)C[C@@H]1F. The molecule has 2 amide bonds. The average Bonchev–Trinajstić information content (AvgIpc) is 3.70. The highest BCUT2D eigenvalue weighted by Crippen LogP contribution is 2.37. The van der Waals surface area contributed by atoms with E-state index in [1.165, 1.54) is 28.8 Å². The first kappa shape index (κ1) is 33.1. The van der Waals surface area contributed by atoms with Crippen LogP contribution in [0.4, 0.5) is 36.6 Å². The Morgan fingerprint density at radius 1 is 1.15 bits per heavy atom. The fourth-order valence-electron chi connectivity index (χ4n) is 5.73. The lowest BCUT2D eigenvalue weighted by atomic mass is 10.1. The molecule has 2 saturated heterocycles. The van der Waals surface area contributed by atoms with Crippen LogP contribution in [0.5, 0.6) is 5.88 Å². The van der Waals surface area contributed by atoms with Crippen LogP contribution in [-0.2, 0) is 11.3 Å². The number of carbonyl (C=O) groups is 2. The van der Waals surface area contributed by atoms with Crippen LogP contribution >= 0.6 is 0 Å². The first-order chi connectivity index (χ1) is 21.4. The third kappa shape index (κ3) is 6.00. The van der Waals surface area contributed by atoms with Crippen molar-refractivity contribution in [3.8, 4) is 17.1 Å². The second kappa shape index (κ2) is 11.8. The first-order valence-corrected chi connectivity index (χ1v) is 13.9. The van der Waals surface area contributed by atoms with Crippen molar-refractivity contribution in [1.29, 1.82) is 0 Å². The third-order valence-electron chi connectivity index (χ3n) is 8.18. The van der Waals surface area contributed by atoms with Gasteiger partial charge in [-0.3, -0.25) is 14.5 Å². The molecule has 5 heterocycles. The second-order valence-corrected chi connectivity index (χ2v) is 11.3. The number of aromatic nitrogens is 4. The number of likely N-dealkylation sites (tertiary alicyclic amines) is 2. The molecule has 0 spiro atoms. The minimum Gasteiger partial charge on any atom is -0.480 e. The lowest BCUT2D eigenvalue weighted by Gasteiger charge is -2.29. The summed E-state index contributed by atoms with van der Waals surface area (Å²) in [4.78, 5) is 35.5. The number of nitrogens with zero attached hydrogens (tertiary/aromatic N) is 6. The number of hydrogen-bond acceptors (Lipinski definition) is 9. The summed E-state index contributed by atoms with van der Waals surface area (Å²) >= 11 is 0. The van der Waals surface area contributed by atoms with Gasteiger partial charge in [0.2, 0.25) is 11.5 Å². The number of amides is 2. The van der Waals surface area contributed by atoms with E-state index >= 15 is 0 Å². The quantitative estimate of drug-likeness (QED) is 0.324. The lowest BCUT2D eigenvalue weighted by molar-refractivity contribution is -0.249. The second-order valence-electron chi connectivity index (χ2n) is 11.3. The first-order valence-electron chi connectivity index (χ1n) is 13.9. The van der Waals surface area contributed by atoms with E-state index in [-0.39, 0.29) is 60.5 Å². The molecule has 5 rings (SSSR count). The van der Waals surface area contributed by atoms with Gasteiger partial charge in [0.15, 0.2) is 5.82 Å². The van der Waals surface area contributed by atoms with Crippen LogP contribution in [0, 0.1) is 0 Å². The molecule has 250 valence electrons. The summed E-state index contributed by atoms with van der Waals surface area (Å²) in [5.41, 5.74) is 3.26. The van der Waals surface area contributed by atoms with Gasteiger partial charge in [0.1, 0.15) is 29.6 Å². The predicted octanol–water partition coefficient (Wildman–Crippen LogP) is 2.50. The fourth-order valence-corrected chi connectivity index (χ4v) is 5.73. The Bertz CT molecular complexity index is 1640. The lowest BCUT2D eigenvalue weighted by Crippen LogP contribution is -2.56. The highest BCUT2D eigenvalue weighted by atomic mass is 19.4. The maximum Gasteiger partial charge on any atom is 0.426 e. The van der Waals surface area contributed by atoms with Gasteiger partial charge in [-0.2, -0.15) is 31.4 Å². The Balaban J connectivity index is 1.43. The number of nitrogens with one attached hydrogen (secondary N) is 1. The number of methoxy groups -OCH3 is 1. The van der Waals surface area contributed by atoms with Gasteiger partial charge in [0, 0.05) is 24.8 Å². The van der Waals surface area contributed by atoms with E-state index in [2.05, 4.69) is 20.4 Å². The average molecular weight is 663 g/mol. The molecule has 46 heavy (non-hydrogen) atoms. The van der Waals surface area contributed by atoms with Crippen molar-refractivity contribution in [1.82, 2.24) is 34.7 Å². The van der Waals surface area contributed by atoms with Gasteiger partial charge >= 0.3 is 12.4 Å². The molecule has 12 nitrogen and oxygen atoms in total. The zero-order valence-corrected chi connectivity index (χ0v) is 24.4. The van der Waals surface area contributed by atoms with E-state index in [0.29, 0.717) is 16.9 Å². The van der Waals surface area contributed by atoms with Gasteiger partial charge < -0.3 is 25.8 Å². The maximum absolute atomic E-state index is 14.8. The summed E-state index contributed by atoms with van der Waals surface area (Å²) in [5.74, 6) is -2.93. The number of aliphatic hydroxyl groups is 1. The van der Waals surface area contributed by atoms with E-state index < -0.39 is 61.1 Å². The van der Waals surface area contributed by atoms with Crippen molar-refractivity contribution in [3.05, 3.63) is 35.8 Å². The molecule has 0 aliphatic carbocycles. The van der Waals surface area contributed by atoms with Gasteiger partial charge in [-0.05, 0) is 44.0 Å². The number of pyridine rings is 1. The molecule has 2 aliphatic rings. The van der Waals surface area contributed by atoms with Gasteiger partial charge in [-0.15, -0.1) is 0 Å². The Morgan fingerprint density at radius 3 is 2.52 bits per heavy atom. The van der Waals surface area contributed by atoms with E-state index in [0.717, 1.165) is 6.33 Å². The van der Waals surface area contributed by atoms with Gasteiger partial charge in [-0.25, -0.2) is 18.9 Å². The summed E-state index contributed by atoms with van der Waals surface area (Å²) < 4.78 is 102. The molecule has 0 saturated carbocycles. The number of nitrogen functional groups attached to an aromatic ring is 1. The summed E-state index contributed by atoms with van der Waals surface area (Å²) in [6.45, 7) is -1.14. The van der Waals surface area contributed by atoms with Crippen LogP contribution in [0.3, 0.4) is 0 Å². The van der Waals surface area contributed by atoms with Gasteiger partial charge in [-0.1, -0.05) is 0 Å². The predicted molar refractivity (Wildman–Crippen MR) is 146 cm³/mol. The molecular weight excluding hydrogens is 633 g/mol. The van der Waals surface area contributed by atoms with E-state index in [9.17, 15) is 45.4 Å². The van der Waals surface area contributed by atoms with Crippen LogP contribution < -0.4 is 15.8 Å². The van der Waals surface area contributed by atoms with Crippen molar-refractivity contribution < 1.29 is 50.2 Å². The molecule has 0 unspecified atom stereocenters. The fraction of sp³-hybridized carbons (Fsp3) is 0.519. The highest BCUT2D eigenvalue weighted by Gasteiger charge is 2.58. The molecule has 2 fully saturated rings. The molecule has 0 aromatic carbocycles. The Kier molecular flexibility index (Phi) is 8.52. The number of ether oxygens (including phenoxy) is 1. The standard InChI is InChI=1S/C27H29F7N8O4/c1-25(45,27(32,33)34)24(44)41-10-16(28)17(11-41)39-22(43)15-6-13(8-36-23(15)46-2)18-7-14(20-21(35)37-12-38-42(18)20)9-40-5-3-4-19(40)26(29,30)31/h6-8,12,16-17,19,45H,3-5,9-11H2,1-2H3,(H,39,43)(H2,35,37,38)/t16-,17+,19-,25+/m0/s1. The Labute approximate surface area is 256 Å². The zero-order valence-electron chi connectivity index (χ0n) is 24.4. The number of hydrogen-bond donors (Lipinski definition) is 3. The summed E-state index contributed by atoms with van der Waals surface area (Å²) in [5, 5.41) is 16.2. The molecular formula is C27H29F7N8O4. The number of carbonyl (C=O) groups excluding carboxylic acids is 2. The van der Waals surface area contributed by atoms with Crippen molar-refractivity contribution in [3.63, 3.8) is 0 Å². The summed E-state index contributed by atoms with van der Waals surface area (Å²) in [6.07, 6.45) is -8.98. The van der Waals surface area contributed by atoms with Crippen LogP contribution in [0.25, 0.3) is 16.8 Å². The van der Waals surface area contributed by atoms with E-state index in [4.69, 9.17) is 10.5 Å². The van der Waals surface area contributed by atoms with Crippen molar-refractivity contribution in [2.75, 3.05) is 32.5 Å². The topological polar surface area (TPSA) is 151 Å². The molecule has 19 heteroatoms. The molecule has 3 aromatic heterocycles. The van der Waals surface area contributed by atoms with Crippen LogP contribution in [0.15, 0.2) is 24.7 Å². The van der Waals surface area contributed by atoms with Crippen molar-refractivity contribution in [2.24, 2.45) is 0 Å². The molecule has 3 aromatic rings. The Morgan fingerprint density at radius 2 is 1.87 bits per heavy atom. The zero-order chi connectivity index (χ0) is 33.8. The van der Waals surface area contributed by atoms with Crippen LogP contribution in [-0.4, -0.2) is 109 Å². The number of nitrogens with two attached hydrogens (primary N) is 1. The number of halogens is 7. The molecule has 0 radical (unpaired) electrons. The number of anilines is 1. The number of alkyl halides is 7. The van der Waals surface area contributed by atoms with Crippen molar-refractivity contribution >= 4 is 23.1 Å². The number of fused-ring (bicyclic) bond motifs is 1. The maximum atomic E-state index is 14.8. The third-order valence-corrected chi connectivity index (χ3v) is 8.18. The van der Waals surface area contributed by atoms with E-state index in [1.54, 1.807) is 6.07 Å². The Hall–Kier alpha value is -4.26. The van der Waals surface area contributed by atoms with E-state index in [1.807, 2.05) is 0 Å². The van der Waals surface area contributed by atoms with Gasteiger partial charge in [0.25, 0.3) is 11.8 Å². The molecule has 2 aliphatic heterocycles. The van der Waals surface area contributed by atoms with Crippen molar-refractivity contribution in [2.45, 2.75) is 62.5 Å². The molecule has 4 atom stereocenters. The van der Waals surface area contributed by atoms with Crippen LogP contribution in [0.1, 0.15) is 35.7 Å². The molecule has 4 N–H and O–H groups in total. The minimum atomic E-state index is -5.32. The summed E-state index contributed by atoms with van der Waals surface area (Å²) in [7, 11) is 1.21. The normalized spacial score (nSPS) is 22.3. The largest absolute Gasteiger partial charge is 0.480 e. The van der Waals surface area contributed by atoms with Crippen LogP contribution in [0.2, 0.25) is 0 Å². The number of rotatable bonds is 7.